The fourth-order valence-corrected chi connectivity index (χ4v) is 2.69. The molecule has 0 aliphatic carbocycles. The van der Waals surface area contributed by atoms with Gasteiger partial charge in [0.25, 0.3) is 0 Å². The van der Waals surface area contributed by atoms with E-state index in [0.717, 1.165) is 30.2 Å². The van der Waals surface area contributed by atoms with Gasteiger partial charge in [-0.05, 0) is 29.7 Å². The minimum atomic E-state index is -1.07. The minimum Gasteiger partial charge on any atom is -0.388 e. The smallest absolute Gasteiger partial charge is 0.129 e. The van der Waals surface area contributed by atoms with Crippen molar-refractivity contribution in [1.82, 2.24) is 0 Å². The second kappa shape index (κ2) is 6.81. The monoisotopic (exact) mass is 290 g/mol. The first-order chi connectivity index (χ1) is 10.0. The fourth-order valence-electron chi connectivity index (χ4n) is 2.69. The molecule has 2 aromatic carbocycles. The molecule has 0 spiro atoms. The van der Waals surface area contributed by atoms with Gasteiger partial charge in [0.2, 0.25) is 0 Å². The molecule has 2 aromatic rings. The molecular weight excluding hydrogens is 270 g/mol. The molecule has 0 aliphatic rings. The number of hydrogen-bond acceptors (Lipinski definition) is 1. The molecule has 0 fully saturated rings. The quantitative estimate of drug-likeness (QED) is 0.836. The summed E-state index contributed by atoms with van der Waals surface area (Å²) in [6.07, 6.45) is -0.230. The molecule has 0 saturated carbocycles. The van der Waals surface area contributed by atoms with Crippen LogP contribution in [0.3, 0.4) is 0 Å². The molecule has 0 amide bonds. The molecular formula is C18H20F2O. The lowest BCUT2D eigenvalue weighted by Crippen LogP contribution is -2.19. The lowest BCUT2D eigenvalue weighted by molar-refractivity contribution is 0.114. The summed E-state index contributed by atoms with van der Waals surface area (Å²) in [5, 5.41) is 10.6. The zero-order valence-electron chi connectivity index (χ0n) is 12.3. The highest BCUT2D eigenvalue weighted by molar-refractivity contribution is 5.28. The topological polar surface area (TPSA) is 20.2 Å². The van der Waals surface area contributed by atoms with Crippen molar-refractivity contribution in [2.45, 2.75) is 32.3 Å². The number of rotatable bonds is 5. The molecule has 1 nitrogen and oxygen atoms in total. The van der Waals surface area contributed by atoms with E-state index in [-0.39, 0.29) is 17.4 Å². The van der Waals surface area contributed by atoms with E-state index in [1.165, 1.54) is 0 Å². The highest BCUT2D eigenvalue weighted by Gasteiger charge is 2.29. The van der Waals surface area contributed by atoms with Gasteiger partial charge in [0, 0.05) is 11.5 Å². The number of aliphatic hydroxyl groups excluding tert-OH is 1. The van der Waals surface area contributed by atoms with Gasteiger partial charge in [-0.25, -0.2) is 8.78 Å². The van der Waals surface area contributed by atoms with Gasteiger partial charge in [0.1, 0.15) is 11.6 Å². The maximum atomic E-state index is 13.9. The Morgan fingerprint density at radius 2 is 1.71 bits per heavy atom. The normalized spacial score (nSPS) is 15.5. The van der Waals surface area contributed by atoms with Crippen LogP contribution in [-0.4, -0.2) is 5.11 Å². The second-order valence-electron chi connectivity index (χ2n) is 5.43. The predicted octanol–water partition coefficient (Wildman–Crippen LogP) is 4.83. The van der Waals surface area contributed by atoms with Gasteiger partial charge in [-0.1, -0.05) is 50.6 Å². The summed E-state index contributed by atoms with van der Waals surface area (Å²) in [7, 11) is 0. The maximum Gasteiger partial charge on any atom is 0.129 e. The Hall–Kier alpha value is -1.74. The Kier molecular flexibility index (Phi) is 5.07. The summed E-state index contributed by atoms with van der Waals surface area (Å²) >= 11 is 0. The standard InChI is InChI=1S/C18H20F2O/c1-3-12(2)17(13-7-5-4-6-8-13)18(21)15-11-14(19)9-10-16(15)20/h4-12,17-18,21H,3H2,1-2H3. The highest BCUT2D eigenvalue weighted by Crippen LogP contribution is 2.39. The van der Waals surface area contributed by atoms with Gasteiger partial charge in [-0.15, -0.1) is 0 Å². The van der Waals surface area contributed by atoms with E-state index < -0.39 is 17.7 Å². The lowest BCUT2D eigenvalue weighted by Gasteiger charge is -2.29. The van der Waals surface area contributed by atoms with Gasteiger partial charge < -0.3 is 5.11 Å². The largest absolute Gasteiger partial charge is 0.388 e. The molecule has 3 atom stereocenters. The van der Waals surface area contributed by atoms with Gasteiger partial charge in [-0.3, -0.25) is 0 Å². The van der Waals surface area contributed by atoms with E-state index in [2.05, 4.69) is 0 Å². The fraction of sp³-hybridized carbons (Fsp3) is 0.333. The summed E-state index contributed by atoms with van der Waals surface area (Å²) < 4.78 is 27.3. The van der Waals surface area contributed by atoms with Crippen LogP contribution in [0.15, 0.2) is 48.5 Å². The average Bonchev–Trinajstić information content (AvgIpc) is 2.50. The van der Waals surface area contributed by atoms with E-state index in [1.807, 2.05) is 44.2 Å². The highest BCUT2D eigenvalue weighted by atomic mass is 19.1. The van der Waals surface area contributed by atoms with Crippen molar-refractivity contribution in [2.24, 2.45) is 5.92 Å². The van der Waals surface area contributed by atoms with Gasteiger partial charge in [0.15, 0.2) is 0 Å². The van der Waals surface area contributed by atoms with Crippen LogP contribution >= 0.6 is 0 Å². The summed E-state index contributed by atoms with van der Waals surface area (Å²) in [6, 6.07) is 12.7. The van der Waals surface area contributed by atoms with Crippen LogP contribution in [0.2, 0.25) is 0 Å². The molecule has 0 aliphatic heterocycles. The zero-order valence-corrected chi connectivity index (χ0v) is 12.3. The third-order valence-corrected chi connectivity index (χ3v) is 4.06. The molecule has 112 valence electrons. The van der Waals surface area contributed by atoms with Crippen LogP contribution in [0.5, 0.6) is 0 Å². The van der Waals surface area contributed by atoms with Crippen LogP contribution < -0.4 is 0 Å². The van der Waals surface area contributed by atoms with Crippen molar-refractivity contribution in [3.63, 3.8) is 0 Å². The number of benzene rings is 2. The molecule has 0 saturated heterocycles. The third kappa shape index (κ3) is 3.48. The molecule has 0 radical (unpaired) electrons. The second-order valence-corrected chi connectivity index (χ2v) is 5.43. The molecule has 0 heterocycles. The van der Waals surface area contributed by atoms with Crippen molar-refractivity contribution in [1.29, 1.82) is 0 Å². The number of aliphatic hydroxyl groups is 1. The minimum absolute atomic E-state index is 0.0177. The average molecular weight is 290 g/mol. The van der Waals surface area contributed by atoms with Gasteiger partial charge in [0.05, 0.1) is 6.10 Å². The van der Waals surface area contributed by atoms with Gasteiger partial charge in [-0.2, -0.15) is 0 Å². The van der Waals surface area contributed by atoms with Gasteiger partial charge >= 0.3 is 0 Å². The van der Waals surface area contributed by atoms with Crippen molar-refractivity contribution >= 4 is 0 Å². The van der Waals surface area contributed by atoms with E-state index in [9.17, 15) is 13.9 Å². The Morgan fingerprint density at radius 1 is 1.05 bits per heavy atom. The molecule has 3 unspecified atom stereocenters. The summed E-state index contributed by atoms with van der Waals surface area (Å²) in [6.45, 7) is 4.04. The Bertz CT molecular complexity index is 583. The van der Waals surface area contributed by atoms with E-state index >= 15 is 0 Å². The van der Waals surface area contributed by atoms with Crippen molar-refractivity contribution in [3.05, 3.63) is 71.3 Å². The molecule has 2 rings (SSSR count). The SMILES string of the molecule is CCC(C)C(c1ccccc1)C(O)c1cc(F)ccc1F. The number of hydrogen-bond donors (Lipinski definition) is 1. The first-order valence-corrected chi connectivity index (χ1v) is 7.22. The summed E-state index contributed by atoms with van der Waals surface area (Å²) in [4.78, 5) is 0. The van der Waals surface area contributed by atoms with Crippen LogP contribution in [0, 0.1) is 17.6 Å². The van der Waals surface area contributed by atoms with Crippen molar-refractivity contribution < 1.29 is 13.9 Å². The summed E-state index contributed by atoms with van der Waals surface area (Å²) in [5.41, 5.74) is 0.951. The zero-order chi connectivity index (χ0) is 15.4. The Labute approximate surface area is 124 Å². The molecule has 21 heavy (non-hydrogen) atoms. The Balaban J connectivity index is 2.43. The van der Waals surface area contributed by atoms with E-state index in [0.29, 0.717) is 0 Å². The van der Waals surface area contributed by atoms with Crippen molar-refractivity contribution in [3.8, 4) is 0 Å². The first kappa shape index (κ1) is 15.6. The predicted molar refractivity (Wildman–Crippen MR) is 80.0 cm³/mol. The maximum absolute atomic E-state index is 13.9. The first-order valence-electron chi connectivity index (χ1n) is 7.22. The molecule has 3 heteroatoms. The number of halogens is 2. The van der Waals surface area contributed by atoms with E-state index in [1.54, 1.807) is 0 Å². The molecule has 0 bridgehead atoms. The van der Waals surface area contributed by atoms with Crippen LogP contribution in [0.25, 0.3) is 0 Å². The third-order valence-electron chi connectivity index (χ3n) is 4.06. The van der Waals surface area contributed by atoms with Crippen LogP contribution in [0.4, 0.5) is 8.78 Å². The lowest BCUT2D eigenvalue weighted by atomic mass is 9.79. The van der Waals surface area contributed by atoms with E-state index in [4.69, 9.17) is 0 Å². The summed E-state index contributed by atoms with van der Waals surface area (Å²) in [5.74, 6) is -1.24. The molecule has 0 aromatic heterocycles. The van der Waals surface area contributed by atoms with Crippen LogP contribution in [0.1, 0.15) is 43.4 Å². The van der Waals surface area contributed by atoms with Crippen LogP contribution in [-0.2, 0) is 0 Å². The van der Waals surface area contributed by atoms with Crippen molar-refractivity contribution in [2.75, 3.05) is 0 Å². The Morgan fingerprint density at radius 3 is 2.33 bits per heavy atom. The molecule has 1 N–H and O–H groups in total.